The average molecular weight is 478 g/mol. The molecule has 1 N–H and O–H groups in total. The number of ether oxygens (including phenoxy) is 1. The van der Waals surface area contributed by atoms with Gasteiger partial charge in [0, 0.05) is 38.1 Å². The summed E-state index contributed by atoms with van der Waals surface area (Å²) in [5.74, 6) is 1.30. The van der Waals surface area contributed by atoms with Gasteiger partial charge in [-0.25, -0.2) is 4.67 Å². The summed E-state index contributed by atoms with van der Waals surface area (Å²) < 4.78 is 43.2. The SMILES string of the molecule is B[C@H]1CC[C@H](OP(OCCC#N)N(C(C)C)C(C)C)[C@](/C=C/P(=O)(OC)OC)(CO)O1. The summed E-state index contributed by atoms with van der Waals surface area (Å²) >= 11 is 0. The largest absolute Gasteiger partial charge is 0.393 e. The zero-order valence-corrected chi connectivity index (χ0v) is 21.5. The second kappa shape index (κ2) is 13.4. The molecule has 1 heterocycles. The van der Waals surface area contributed by atoms with Crippen molar-refractivity contribution in [2.24, 2.45) is 0 Å². The summed E-state index contributed by atoms with van der Waals surface area (Å²) in [6.07, 6.45) is 2.57. The van der Waals surface area contributed by atoms with Crippen molar-refractivity contribution in [3.8, 4) is 6.07 Å². The van der Waals surface area contributed by atoms with Gasteiger partial charge in [0.1, 0.15) is 19.6 Å². The molecule has 1 rings (SSSR count). The minimum absolute atomic E-state index is 0.127. The topological polar surface area (TPSA) is 110 Å². The van der Waals surface area contributed by atoms with Crippen molar-refractivity contribution >= 4 is 24.0 Å². The lowest BCUT2D eigenvalue weighted by Gasteiger charge is -2.46. The van der Waals surface area contributed by atoms with E-state index in [-0.39, 0.29) is 37.7 Å². The van der Waals surface area contributed by atoms with Gasteiger partial charge in [0.05, 0.1) is 25.7 Å². The highest BCUT2D eigenvalue weighted by molar-refractivity contribution is 7.57. The van der Waals surface area contributed by atoms with Gasteiger partial charge in [-0.3, -0.25) is 4.57 Å². The van der Waals surface area contributed by atoms with Crippen LogP contribution in [0.1, 0.15) is 47.0 Å². The Hall–Kier alpha value is -0.325. The van der Waals surface area contributed by atoms with Crippen molar-refractivity contribution in [3.63, 3.8) is 0 Å². The summed E-state index contributed by atoms with van der Waals surface area (Å²) in [4.78, 5) is 0. The Labute approximate surface area is 188 Å². The number of hydrogen-bond acceptors (Lipinski definition) is 9. The zero-order chi connectivity index (χ0) is 23.7. The molecular formula is C19H37BN2O7P2. The van der Waals surface area contributed by atoms with Crippen LogP contribution in [0.25, 0.3) is 0 Å². The first-order chi connectivity index (χ1) is 14.6. The Kier molecular flexibility index (Phi) is 12.4. The van der Waals surface area contributed by atoms with Crippen LogP contribution in [-0.4, -0.2) is 74.8 Å². The van der Waals surface area contributed by atoms with E-state index in [9.17, 15) is 9.67 Å². The van der Waals surface area contributed by atoms with E-state index in [0.29, 0.717) is 6.42 Å². The van der Waals surface area contributed by atoms with E-state index in [4.69, 9.17) is 28.1 Å². The fourth-order valence-corrected chi connectivity index (χ4v) is 6.07. The van der Waals surface area contributed by atoms with Gasteiger partial charge in [-0.2, -0.15) is 5.26 Å². The van der Waals surface area contributed by atoms with Crippen molar-refractivity contribution in [3.05, 3.63) is 11.9 Å². The fraction of sp³-hybridized carbons (Fsp3) is 0.842. The molecule has 31 heavy (non-hydrogen) atoms. The minimum atomic E-state index is -3.46. The van der Waals surface area contributed by atoms with E-state index < -0.39 is 27.8 Å². The van der Waals surface area contributed by atoms with E-state index in [1.165, 1.54) is 26.1 Å². The van der Waals surface area contributed by atoms with Gasteiger partial charge in [-0.1, -0.05) is 0 Å². The Bertz CT molecular complexity index is 646. The van der Waals surface area contributed by atoms with Crippen LogP contribution in [0.15, 0.2) is 11.9 Å². The van der Waals surface area contributed by atoms with Crippen LogP contribution in [0.5, 0.6) is 0 Å². The molecule has 0 saturated carbocycles. The molecule has 0 spiro atoms. The van der Waals surface area contributed by atoms with E-state index in [2.05, 4.69) is 38.4 Å². The molecule has 178 valence electrons. The Balaban J connectivity index is 3.27. The second-order valence-corrected chi connectivity index (χ2v) is 11.5. The first-order valence-electron chi connectivity index (χ1n) is 10.5. The molecule has 4 atom stereocenters. The van der Waals surface area contributed by atoms with E-state index >= 15 is 0 Å². The summed E-state index contributed by atoms with van der Waals surface area (Å²) in [5, 5.41) is 19.2. The smallest absolute Gasteiger partial charge is 0.353 e. The van der Waals surface area contributed by atoms with Crippen LogP contribution < -0.4 is 0 Å². The maximum atomic E-state index is 12.6. The third kappa shape index (κ3) is 8.19. The quantitative estimate of drug-likeness (QED) is 0.243. The van der Waals surface area contributed by atoms with Crippen LogP contribution in [-0.2, 0) is 27.4 Å². The van der Waals surface area contributed by atoms with Crippen LogP contribution in [0.3, 0.4) is 0 Å². The summed E-state index contributed by atoms with van der Waals surface area (Å²) in [5.41, 5.74) is -1.23. The number of aliphatic hydroxyl groups excluding tert-OH is 1. The standard InChI is InChI=1S/C19H37BN2O7P2/c1-15(2)22(16(3)4)30(27-12-7-11-21)29-17-8-9-18(20)28-19(17,14-23)10-13-31(24,25-5)26-6/h10,13,15-18,23H,7-9,12,14,20H2,1-6H3/b13-10+/t17-,18+,19-,30?/m0/s1. The van der Waals surface area contributed by atoms with Gasteiger partial charge in [0.25, 0.3) is 8.53 Å². The molecule has 0 aliphatic carbocycles. The highest BCUT2D eigenvalue weighted by Gasteiger charge is 2.46. The van der Waals surface area contributed by atoms with Gasteiger partial charge in [0.2, 0.25) is 0 Å². The van der Waals surface area contributed by atoms with Gasteiger partial charge < -0.3 is 27.9 Å². The van der Waals surface area contributed by atoms with Crippen LogP contribution in [0.4, 0.5) is 0 Å². The van der Waals surface area contributed by atoms with Crippen LogP contribution >= 0.6 is 16.1 Å². The lowest BCUT2D eigenvalue weighted by molar-refractivity contribution is -0.152. The molecule has 0 bridgehead atoms. The molecule has 1 fully saturated rings. The monoisotopic (exact) mass is 478 g/mol. The average Bonchev–Trinajstić information content (AvgIpc) is 2.73. The summed E-state index contributed by atoms with van der Waals surface area (Å²) in [6.45, 7) is 8.08. The molecule has 1 saturated heterocycles. The lowest BCUT2D eigenvalue weighted by atomic mass is 9.83. The Morgan fingerprint density at radius 1 is 1.32 bits per heavy atom. The molecule has 0 amide bonds. The first-order valence-corrected chi connectivity index (χ1v) is 13.3. The second-order valence-electron chi connectivity index (χ2n) is 7.98. The maximum absolute atomic E-state index is 12.6. The molecule has 0 aromatic heterocycles. The zero-order valence-electron chi connectivity index (χ0n) is 19.7. The van der Waals surface area contributed by atoms with E-state index in [0.717, 1.165) is 6.42 Å². The molecule has 1 unspecified atom stereocenters. The first kappa shape index (κ1) is 28.7. The van der Waals surface area contributed by atoms with Crippen molar-refractivity contribution in [2.75, 3.05) is 27.4 Å². The molecule has 0 aromatic carbocycles. The summed E-state index contributed by atoms with van der Waals surface area (Å²) in [6, 6.07) is 2.23. The molecular weight excluding hydrogens is 441 g/mol. The van der Waals surface area contributed by atoms with E-state index in [1.807, 2.05) is 7.85 Å². The van der Waals surface area contributed by atoms with E-state index in [1.54, 1.807) is 0 Å². The van der Waals surface area contributed by atoms with Crippen molar-refractivity contribution < 1.29 is 32.5 Å². The van der Waals surface area contributed by atoms with Crippen LogP contribution in [0.2, 0.25) is 0 Å². The minimum Gasteiger partial charge on any atom is -0.393 e. The lowest BCUT2D eigenvalue weighted by Crippen LogP contribution is -2.54. The van der Waals surface area contributed by atoms with Gasteiger partial charge in [0.15, 0.2) is 0 Å². The van der Waals surface area contributed by atoms with Gasteiger partial charge >= 0.3 is 7.60 Å². The number of hydrogen-bond donors (Lipinski definition) is 1. The number of aliphatic hydroxyl groups is 1. The van der Waals surface area contributed by atoms with Crippen LogP contribution in [0, 0.1) is 11.3 Å². The fourth-order valence-electron chi connectivity index (χ4n) is 3.44. The van der Waals surface area contributed by atoms with Crippen molar-refractivity contribution in [2.45, 2.75) is 76.7 Å². The Morgan fingerprint density at radius 3 is 2.42 bits per heavy atom. The predicted molar refractivity (Wildman–Crippen MR) is 123 cm³/mol. The Morgan fingerprint density at radius 2 is 1.94 bits per heavy atom. The van der Waals surface area contributed by atoms with Gasteiger partial charge in [-0.05, 0) is 46.6 Å². The highest BCUT2D eigenvalue weighted by Crippen LogP contribution is 2.52. The molecule has 9 nitrogen and oxygen atoms in total. The van der Waals surface area contributed by atoms with Crippen molar-refractivity contribution in [1.29, 1.82) is 5.26 Å². The highest BCUT2D eigenvalue weighted by atomic mass is 31.2. The molecule has 0 radical (unpaired) electrons. The summed E-state index contributed by atoms with van der Waals surface area (Å²) in [7, 11) is -0.483. The number of nitriles is 1. The number of nitrogens with zero attached hydrogens (tertiary/aromatic N) is 2. The molecule has 1 aliphatic rings. The maximum Gasteiger partial charge on any atom is 0.353 e. The normalized spacial score (nSPS) is 26.1. The molecule has 0 aromatic rings. The number of rotatable bonds is 13. The third-order valence-electron chi connectivity index (χ3n) is 4.98. The van der Waals surface area contributed by atoms with Gasteiger partial charge in [-0.15, -0.1) is 0 Å². The third-order valence-corrected chi connectivity index (χ3v) is 8.65. The molecule has 1 aliphatic heterocycles. The molecule has 12 heteroatoms. The predicted octanol–water partition coefficient (Wildman–Crippen LogP) is 3.15. The van der Waals surface area contributed by atoms with Crippen molar-refractivity contribution in [1.82, 2.24) is 4.67 Å².